The summed E-state index contributed by atoms with van der Waals surface area (Å²) in [5.74, 6) is -2.18. The van der Waals surface area contributed by atoms with Crippen LogP contribution in [-0.4, -0.2) is 27.3 Å². The van der Waals surface area contributed by atoms with Gasteiger partial charge in [-0.1, -0.05) is 6.07 Å². The number of benzene rings is 1. The Morgan fingerprint density at radius 1 is 1.13 bits per heavy atom. The molecule has 0 radical (unpaired) electrons. The molecule has 3 N–H and O–H groups in total. The Kier molecular flexibility index (Phi) is 3.41. The average Bonchev–Trinajstić information content (AvgIpc) is 2.16. The molecule has 0 atom stereocenters. The van der Waals surface area contributed by atoms with E-state index in [1.807, 2.05) is 0 Å². The number of rotatable bonds is 4. The standard InChI is InChI=1S/C10H10O5/c11-5-7-2-1-6(10(14)15)3-8(7)4-9(12)13/h1-3,11H,4-5H2,(H,12,13)(H,14,15). The SMILES string of the molecule is O=C(O)Cc1cc(C(=O)O)ccc1CO. The molecule has 0 spiro atoms. The van der Waals surface area contributed by atoms with E-state index in [1.165, 1.54) is 18.2 Å². The number of hydrogen-bond donors (Lipinski definition) is 3. The molecule has 80 valence electrons. The van der Waals surface area contributed by atoms with E-state index in [9.17, 15) is 9.59 Å². The molecule has 0 bridgehead atoms. The van der Waals surface area contributed by atoms with Gasteiger partial charge in [0.1, 0.15) is 0 Å². The van der Waals surface area contributed by atoms with Gasteiger partial charge in [0.05, 0.1) is 18.6 Å². The van der Waals surface area contributed by atoms with E-state index < -0.39 is 11.9 Å². The van der Waals surface area contributed by atoms with Crippen molar-refractivity contribution in [2.24, 2.45) is 0 Å². The molecule has 1 rings (SSSR count). The molecule has 1 aromatic rings. The first kappa shape index (κ1) is 11.2. The van der Waals surface area contributed by atoms with E-state index in [-0.39, 0.29) is 18.6 Å². The lowest BCUT2D eigenvalue weighted by Crippen LogP contribution is -2.06. The van der Waals surface area contributed by atoms with Gasteiger partial charge in [0, 0.05) is 0 Å². The Hall–Kier alpha value is -1.88. The summed E-state index contributed by atoms with van der Waals surface area (Å²) in [7, 11) is 0. The summed E-state index contributed by atoms with van der Waals surface area (Å²) in [5.41, 5.74) is 0.774. The van der Waals surface area contributed by atoms with Gasteiger partial charge in [-0.05, 0) is 23.3 Å². The van der Waals surface area contributed by atoms with E-state index in [0.717, 1.165) is 0 Å². The molecule has 5 heteroatoms. The summed E-state index contributed by atoms with van der Waals surface area (Å²) >= 11 is 0. The third-order valence-electron chi connectivity index (χ3n) is 1.97. The van der Waals surface area contributed by atoms with Crippen LogP contribution in [0.4, 0.5) is 0 Å². The highest BCUT2D eigenvalue weighted by Gasteiger charge is 2.10. The Labute approximate surface area is 85.6 Å². The highest BCUT2D eigenvalue weighted by Crippen LogP contribution is 2.13. The zero-order valence-electron chi connectivity index (χ0n) is 7.80. The fourth-order valence-electron chi connectivity index (χ4n) is 1.24. The number of hydrogen-bond acceptors (Lipinski definition) is 3. The Morgan fingerprint density at radius 3 is 2.27 bits per heavy atom. The Morgan fingerprint density at radius 2 is 1.80 bits per heavy atom. The number of carboxylic acid groups (broad SMARTS) is 2. The molecule has 0 aliphatic rings. The van der Waals surface area contributed by atoms with Crippen LogP contribution in [0.25, 0.3) is 0 Å². The van der Waals surface area contributed by atoms with Gasteiger partial charge in [-0.15, -0.1) is 0 Å². The molecule has 15 heavy (non-hydrogen) atoms. The van der Waals surface area contributed by atoms with Crippen LogP contribution < -0.4 is 0 Å². The van der Waals surface area contributed by atoms with Gasteiger partial charge in [-0.2, -0.15) is 0 Å². The minimum atomic E-state index is -1.12. The van der Waals surface area contributed by atoms with Gasteiger partial charge in [-0.25, -0.2) is 4.79 Å². The van der Waals surface area contributed by atoms with Gasteiger partial charge >= 0.3 is 11.9 Å². The molecule has 0 aliphatic carbocycles. The zero-order valence-corrected chi connectivity index (χ0v) is 7.80. The Bertz CT molecular complexity index is 397. The number of aromatic carboxylic acids is 1. The van der Waals surface area contributed by atoms with Crippen molar-refractivity contribution in [3.8, 4) is 0 Å². The predicted molar refractivity (Wildman–Crippen MR) is 50.7 cm³/mol. The fraction of sp³-hybridized carbons (Fsp3) is 0.200. The number of carboxylic acids is 2. The normalized spacial score (nSPS) is 9.93. The van der Waals surface area contributed by atoms with E-state index in [1.54, 1.807) is 0 Å². The van der Waals surface area contributed by atoms with Gasteiger partial charge in [0.15, 0.2) is 0 Å². The molecule has 0 heterocycles. The largest absolute Gasteiger partial charge is 0.481 e. The zero-order chi connectivity index (χ0) is 11.4. The van der Waals surface area contributed by atoms with Crippen LogP contribution in [0.5, 0.6) is 0 Å². The van der Waals surface area contributed by atoms with E-state index in [0.29, 0.717) is 11.1 Å². The number of aliphatic carboxylic acids is 1. The van der Waals surface area contributed by atoms with Gasteiger partial charge in [0.25, 0.3) is 0 Å². The summed E-state index contributed by atoms with van der Waals surface area (Å²) in [4.78, 5) is 21.1. The minimum Gasteiger partial charge on any atom is -0.481 e. The van der Waals surface area contributed by atoms with Crippen molar-refractivity contribution >= 4 is 11.9 Å². The van der Waals surface area contributed by atoms with E-state index in [4.69, 9.17) is 15.3 Å². The maximum atomic E-state index is 10.6. The lowest BCUT2D eigenvalue weighted by Gasteiger charge is -2.05. The van der Waals surface area contributed by atoms with Crippen LogP contribution in [0.1, 0.15) is 21.5 Å². The molecule has 0 amide bonds. The third-order valence-corrected chi connectivity index (χ3v) is 1.97. The second kappa shape index (κ2) is 4.56. The molecule has 5 nitrogen and oxygen atoms in total. The maximum absolute atomic E-state index is 10.6. The fourth-order valence-corrected chi connectivity index (χ4v) is 1.24. The van der Waals surface area contributed by atoms with Crippen LogP contribution in [0, 0.1) is 0 Å². The molecule has 1 aromatic carbocycles. The second-order valence-corrected chi connectivity index (χ2v) is 3.02. The van der Waals surface area contributed by atoms with Crippen molar-refractivity contribution in [3.05, 3.63) is 34.9 Å². The van der Waals surface area contributed by atoms with E-state index in [2.05, 4.69) is 0 Å². The monoisotopic (exact) mass is 210 g/mol. The summed E-state index contributed by atoms with van der Waals surface area (Å²) in [6.07, 6.45) is -0.295. The van der Waals surface area contributed by atoms with Gasteiger partial charge in [-0.3, -0.25) is 4.79 Å². The summed E-state index contributed by atoms with van der Waals surface area (Å²) in [6, 6.07) is 4.02. The van der Waals surface area contributed by atoms with Crippen molar-refractivity contribution in [2.75, 3.05) is 0 Å². The minimum absolute atomic E-state index is 0.0171. The first-order valence-corrected chi connectivity index (χ1v) is 4.22. The first-order chi connectivity index (χ1) is 7.04. The number of aliphatic hydroxyl groups is 1. The molecule has 0 saturated carbocycles. The smallest absolute Gasteiger partial charge is 0.335 e. The van der Waals surface area contributed by atoms with Crippen molar-refractivity contribution in [2.45, 2.75) is 13.0 Å². The van der Waals surface area contributed by atoms with Crippen molar-refractivity contribution in [3.63, 3.8) is 0 Å². The summed E-state index contributed by atoms with van der Waals surface area (Å²) in [6.45, 7) is -0.303. The molecule has 0 aromatic heterocycles. The van der Waals surface area contributed by atoms with Crippen molar-refractivity contribution in [1.29, 1.82) is 0 Å². The first-order valence-electron chi connectivity index (χ1n) is 4.22. The average molecular weight is 210 g/mol. The van der Waals surface area contributed by atoms with E-state index >= 15 is 0 Å². The van der Waals surface area contributed by atoms with Crippen molar-refractivity contribution in [1.82, 2.24) is 0 Å². The van der Waals surface area contributed by atoms with Gasteiger partial charge < -0.3 is 15.3 Å². The molecular weight excluding hydrogens is 200 g/mol. The highest BCUT2D eigenvalue weighted by atomic mass is 16.4. The van der Waals surface area contributed by atoms with Crippen LogP contribution in [0.2, 0.25) is 0 Å². The molecule has 0 saturated heterocycles. The molecule has 0 unspecified atom stereocenters. The summed E-state index contributed by atoms with van der Waals surface area (Å²) in [5, 5.41) is 26.2. The lowest BCUT2D eigenvalue weighted by atomic mass is 10.0. The quantitative estimate of drug-likeness (QED) is 0.672. The lowest BCUT2D eigenvalue weighted by molar-refractivity contribution is -0.136. The third kappa shape index (κ3) is 2.78. The highest BCUT2D eigenvalue weighted by molar-refractivity contribution is 5.88. The molecule has 0 aliphatic heterocycles. The summed E-state index contributed by atoms with van der Waals surface area (Å²) < 4.78 is 0. The maximum Gasteiger partial charge on any atom is 0.335 e. The second-order valence-electron chi connectivity index (χ2n) is 3.02. The van der Waals surface area contributed by atoms with Gasteiger partial charge in [0.2, 0.25) is 0 Å². The number of aliphatic hydroxyl groups excluding tert-OH is 1. The van der Waals surface area contributed by atoms with Crippen LogP contribution >= 0.6 is 0 Å². The number of carbonyl (C=O) groups is 2. The Balaban J connectivity index is 3.12. The van der Waals surface area contributed by atoms with Crippen LogP contribution in [0.15, 0.2) is 18.2 Å². The van der Waals surface area contributed by atoms with Crippen LogP contribution in [0.3, 0.4) is 0 Å². The molecular formula is C10H10O5. The predicted octanol–water partition coefficient (Wildman–Crippen LogP) is 0.504. The van der Waals surface area contributed by atoms with Crippen molar-refractivity contribution < 1.29 is 24.9 Å². The topological polar surface area (TPSA) is 94.8 Å². The molecule has 0 fully saturated rings. The van der Waals surface area contributed by atoms with Crippen LogP contribution in [-0.2, 0) is 17.8 Å².